The van der Waals surface area contributed by atoms with Crippen LogP contribution < -0.4 is 0 Å². The van der Waals surface area contributed by atoms with Gasteiger partial charge in [-0.05, 0) is 67.1 Å². The highest BCUT2D eigenvalue weighted by Crippen LogP contribution is 2.40. The number of nitriles is 1. The number of rotatable bonds is 4. The molecular weight excluding hydrogens is 316 g/mol. The first-order chi connectivity index (χ1) is 12.1. The zero-order valence-corrected chi connectivity index (χ0v) is 15.2. The fraction of sp³-hybridized carbons (Fsp3) is 0.682. The van der Waals surface area contributed by atoms with E-state index in [0.717, 1.165) is 49.0 Å². The van der Waals surface area contributed by atoms with Crippen LogP contribution in [-0.4, -0.2) is 0 Å². The molecule has 2 aliphatic carbocycles. The molecule has 0 heterocycles. The van der Waals surface area contributed by atoms with E-state index >= 15 is 0 Å². The number of benzene rings is 1. The minimum atomic E-state index is -0.717. The van der Waals surface area contributed by atoms with Crippen LogP contribution in [0.1, 0.15) is 88.2 Å². The van der Waals surface area contributed by atoms with Gasteiger partial charge >= 0.3 is 0 Å². The molecule has 0 aliphatic heterocycles. The van der Waals surface area contributed by atoms with E-state index in [1.54, 1.807) is 6.07 Å². The SMILES string of the molecule is C[C@H]1CC[C@H](CCC2CCC(c3cc(F)c(C#N)c(F)c3)CC2)CC1. The van der Waals surface area contributed by atoms with E-state index < -0.39 is 17.2 Å². The highest BCUT2D eigenvalue weighted by molar-refractivity contribution is 5.36. The number of nitrogens with zero attached hydrogens (tertiary/aromatic N) is 1. The molecular formula is C22H29F2N. The second-order valence-electron chi connectivity index (χ2n) is 8.39. The fourth-order valence-electron chi connectivity index (χ4n) is 4.81. The Morgan fingerprint density at radius 2 is 1.36 bits per heavy atom. The molecule has 0 radical (unpaired) electrons. The van der Waals surface area contributed by atoms with Crippen LogP contribution in [0.3, 0.4) is 0 Å². The Kier molecular flexibility index (Phi) is 6.10. The Labute approximate surface area is 150 Å². The maximum atomic E-state index is 13.8. The topological polar surface area (TPSA) is 23.8 Å². The summed E-state index contributed by atoms with van der Waals surface area (Å²) in [7, 11) is 0. The second kappa shape index (κ2) is 8.30. The molecule has 0 saturated heterocycles. The summed E-state index contributed by atoms with van der Waals surface area (Å²) in [6, 6.07) is 4.34. The van der Waals surface area contributed by atoms with Gasteiger partial charge in [-0.25, -0.2) is 8.78 Å². The van der Waals surface area contributed by atoms with Crippen molar-refractivity contribution in [2.24, 2.45) is 17.8 Å². The van der Waals surface area contributed by atoms with Crippen molar-refractivity contribution in [3.8, 4) is 6.07 Å². The van der Waals surface area contributed by atoms with Crippen molar-refractivity contribution in [3.63, 3.8) is 0 Å². The van der Waals surface area contributed by atoms with Crippen LogP contribution in [0.5, 0.6) is 0 Å². The van der Waals surface area contributed by atoms with Crippen LogP contribution >= 0.6 is 0 Å². The highest BCUT2D eigenvalue weighted by Gasteiger charge is 2.25. The molecule has 0 bridgehead atoms. The van der Waals surface area contributed by atoms with Crippen molar-refractivity contribution in [1.82, 2.24) is 0 Å². The third kappa shape index (κ3) is 4.60. The molecule has 136 valence electrons. The minimum Gasteiger partial charge on any atom is -0.205 e. The molecule has 25 heavy (non-hydrogen) atoms. The number of hydrogen-bond donors (Lipinski definition) is 0. The quantitative estimate of drug-likeness (QED) is 0.594. The summed E-state index contributed by atoms with van der Waals surface area (Å²) in [4.78, 5) is 0. The van der Waals surface area contributed by atoms with E-state index in [-0.39, 0.29) is 5.92 Å². The summed E-state index contributed by atoms with van der Waals surface area (Å²) in [5.74, 6) is 1.43. The van der Waals surface area contributed by atoms with Crippen LogP contribution in [0.25, 0.3) is 0 Å². The van der Waals surface area contributed by atoms with E-state index in [2.05, 4.69) is 6.92 Å². The third-order valence-corrected chi connectivity index (χ3v) is 6.61. The van der Waals surface area contributed by atoms with Gasteiger partial charge in [0, 0.05) is 0 Å². The zero-order valence-electron chi connectivity index (χ0n) is 15.2. The first kappa shape index (κ1) is 18.4. The second-order valence-corrected chi connectivity index (χ2v) is 8.39. The van der Waals surface area contributed by atoms with Gasteiger partial charge in [-0.15, -0.1) is 0 Å². The van der Waals surface area contributed by atoms with Crippen LogP contribution in [0.2, 0.25) is 0 Å². The maximum Gasteiger partial charge on any atom is 0.144 e. The largest absolute Gasteiger partial charge is 0.205 e. The van der Waals surface area contributed by atoms with Gasteiger partial charge in [-0.3, -0.25) is 0 Å². The van der Waals surface area contributed by atoms with Crippen molar-refractivity contribution >= 4 is 0 Å². The monoisotopic (exact) mass is 345 g/mol. The molecule has 2 fully saturated rings. The summed E-state index contributed by atoms with van der Waals surface area (Å²) in [6.07, 6.45) is 12.6. The molecule has 2 saturated carbocycles. The van der Waals surface area contributed by atoms with E-state index in [0.29, 0.717) is 0 Å². The summed E-state index contributed by atoms with van der Waals surface area (Å²) < 4.78 is 27.7. The molecule has 0 amide bonds. The molecule has 0 aromatic heterocycles. The number of hydrogen-bond acceptors (Lipinski definition) is 1. The predicted molar refractivity (Wildman–Crippen MR) is 96.1 cm³/mol. The van der Waals surface area contributed by atoms with Gasteiger partial charge < -0.3 is 0 Å². The lowest BCUT2D eigenvalue weighted by Crippen LogP contribution is -2.17. The van der Waals surface area contributed by atoms with Gasteiger partial charge in [0.05, 0.1) is 0 Å². The van der Waals surface area contributed by atoms with Crippen molar-refractivity contribution < 1.29 is 8.78 Å². The minimum absolute atomic E-state index is 0.239. The molecule has 0 N–H and O–H groups in total. The molecule has 3 heteroatoms. The van der Waals surface area contributed by atoms with E-state index in [1.807, 2.05) is 0 Å². The Morgan fingerprint density at radius 1 is 0.880 bits per heavy atom. The molecule has 0 spiro atoms. The lowest BCUT2D eigenvalue weighted by molar-refractivity contribution is 0.237. The summed E-state index contributed by atoms with van der Waals surface area (Å²) in [5.41, 5.74) is 0.271. The molecule has 1 aromatic rings. The third-order valence-electron chi connectivity index (χ3n) is 6.61. The summed E-state index contributed by atoms with van der Waals surface area (Å²) >= 11 is 0. The number of halogens is 2. The molecule has 1 aromatic carbocycles. The van der Waals surface area contributed by atoms with Crippen molar-refractivity contribution in [2.75, 3.05) is 0 Å². The molecule has 1 nitrogen and oxygen atoms in total. The van der Waals surface area contributed by atoms with Crippen LogP contribution in [0.15, 0.2) is 12.1 Å². The Hall–Kier alpha value is -1.43. The van der Waals surface area contributed by atoms with Crippen LogP contribution in [0.4, 0.5) is 8.78 Å². The first-order valence-corrected chi connectivity index (χ1v) is 9.95. The van der Waals surface area contributed by atoms with Gasteiger partial charge in [0.25, 0.3) is 0 Å². The Bertz CT molecular complexity index is 594. The van der Waals surface area contributed by atoms with Crippen LogP contribution in [-0.2, 0) is 0 Å². The van der Waals surface area contributed by atoms with Gasteiger partial charge in [0.15, 0.2) is 0 Å². The van der Waals surface area contributed by atoms with E-state index in [4.69, 9.17) is 5.26 Å². The van der Waals surface area contributed by atoms with E-state index in [1.165, 1.54) is 50.7 Å². The lowest BCUT2D eigenvalue weighted by atomic mass is 9.74. The van der Waals surface area contributed by atoms with E-state index in [9.17, 15) is 8.78 Å². The van der Waals surface area contributed by atoms with Gasteiger partial charge in [0.2, 0.25) is 0 Å². The normalized spacial score (nSPS) is 30.0. The van der Waals surface area contributed by atoms with Crippen molar-refractivity contribution in [1.29, 1.82) is 5.26 Å². The fourth-order valence-corrected chi connectivity index (χ4v) is 4.81. The first-order valence-electron chi connectivity index (χ1n) is 9.95. The Morgan fingerprint density at radius 3 is 1.84 bits per heavy atom. The van der Waals surface area contributed by atoms with Gasteiger partial charge in [-0.1, -0.05) is 45.4 Å². The average molecular weight is 345 g/mol. The van der Waals surface area contributed by atoms with Gasteiger partial charge in [0.1, 0.15) is 23.3 Å². The average Bonchev–Trinajstić information content (AvgIpc) is 2.61. The highest BCUT2D eigenvalue weighted by atomic mass is 19.1. The predicted octanol–water partition coefficient (Wildman–Crippen LogP) is 6.72. The molecule has 2 aliphatic rings. The summed E-state index contributed by atoms with van der Waals surface area (Å²) in [6.45, 7) is 2.37. The van der Waals surface area contributed by atoms with Crippen molar-refractivity contribution in [2.45, 2.75) is 77.0 Å². The molecule has 0 atom stereocenters. The van der Waals surface area contributed by atoms with Gasteiger partial charge in [-0.2, -0.15) is 5.26 Å². The standard InChI is InChI=1S/C22H29F2N/c1-15-2-4-16(5-3-15)6-7-17-8-10-18(11-9-17)19-12-21(23)20(14-25)22(24)13-19/h12-13,15-18H,2-11H2,1H3/t15-,16-,17?,18?. The maximum absolute atomic E-state index is 13.8. The summed E-state index contributed by atoms with van der Waals surface area (Å²) in [5, 5.41) is 8.79. The zero-order chi connectivity index (χ0) is 17.8. The lowest BCUT2D eigenvalue weighted by Gasteiger charge is -2.31. The molecule has 3 rings (SSSR count). The molecule has 0 unspecified atom stereocenters. The van der Waals surface area contributed by atoms with Crippen molar-refractivity contribution in [3.05, 3.63) is 34.9 Å². The van der Waals surface area contributed by atoms with Crippen LogP contribution in [0, 0.1) is 40.7 Å². The smallest absolute Gasteiger partial charge is 0.144 e. The Balaban J connectivity index is 1.48.